The Bertz CT molecular complexity index is 816. The lowest BCUT2D eigenvalue weighted by Crippen LogP contribution is -2.21. The zero-order valence-corrected chi connectivity index (χ0v) is 13.7. The van der Waals surface area contributed by atoms with Gasteiger partial charge in [-0.25, -0.2) is 0 Å². The average Bonchev–Trinajstić information content (AvgIpc) is 3.09. The molecule has 1 aliphatic rings. The topological polar surface area (TPSA) is 45.8 Å². The summed E-state index contributed by atoms with van der Waals surface area (Å²) < 4.78 is 5.20. The van der Waals surface area contributed by atoms with Gasteiger partial charge in [-0.3, -0.25) is 4.79 Å². The number of nitrogens with zero attached hydrogens (tertiary/aromatic N) is 2. The fraction of sp³-hybridized carbons (Fsp3) is 0.0588. The van der Waals surface area contributed by atoms with Crippen molar-refractivity contribution in [2.45, 2.75) is 6.92 Å². The van der Waals surface area contributed by atoms with Crippen molar-refractivity contribution < 1.29 is 9.21 Å². The number of hydrogen-bond donors (Lipinski definition) is 0. The largest absolute Gasteiger partial charge is 0.465 e. The first kappa shape index (κ1) is 15.6. The van der Waals surface area contributed by atoms with Crippen LogP contribution in [0.4, 0.5) is 5.69 Å². The highest BCUT2D eigenvalue weighted by Crippen LogP contribution is 2.29. The number of amides is 1. The van der Waals surface area contributed by atoms with Crippen molar-refractivity contribution in [3.05, 3.63) is 70.1 Å². The molecule has 2 heterocycles. The molecule has 1 aliphatic heterocycles. The normalized spacial score (nSPS) is 16.7. The molecule has 0 radical (unpaired) electrons. The number of carbonyl (C=O) groups is 1. The Morgan fingerprint density at radius 1 is 1.22 bits per heavy atom. The zero-order chi connectivity index (χ0) is 16.4. The van der Waals surface area contributed by atoms with E-state index in [0.29, 0.717) is 32.8 Å². The number of rotatable bonds is 3. The number of hydrogen-bond acceptors (Lipinski definition) is 3. The second-order valence-electron chi connectivity index (χ2n) is 4.88. The predicted molar refractivity (Wildman–Crippen MR) is 92.9 cm³/mol. The Labute approximate surface area is 143 Å². The van der Waals surface area contributed by atoms with Crippen LogP contribution in [0.25, 0.3) is 6.08 Å². The van der Waals surface area contributed by atoms with E-state index in [1.165, 1.54) is 5.01 Å². The quantitative estimate of drug-likeness (QED) is 0.738. The molecule has 1 aromatic carbocycles. The highest BCUT2D eigenvalue weighted by molar-refractivity contribution is 6.36. The van der Waals surface area contributed by atoms with E-state index < -0.39 is 0 Å². The number of benzene rings is 1. The maximum absolute atomic E-state index is 12.5. The van der Waals surface area contributed by atoms with Crippen LogP contribution in [0.3, 0.4) is 0 Å². The van der Waals surface area contributed by atoms with E-state index in [4.69, 9.17) is 27.6 Å². The standard InChI is InChI=1S/C17H12Cl2N2O2/c1-11-16(6-2-4-15-5-3-7-23-15)17(22)21(20-11)14-9-12(18)8-13(19)10-14/h2-10H,1H3. The van der Waals surface area contributed by atoms with Crippen molar-refractivity contribution in [2.24, 2.45) is 5.10 Å². The van der Waals surface area contributed by atoms with Gasteiger partial charge >= 0.3 is 0 Å². The minimum Gasteiger partial charge on any atom is -0.465 e. The molecule has 1 amide bonds. The van der Waals surface area contributed by atoms with Gasteiger partial charge in [0.25, 0.3) is 5.91 Å². The lowest BCUT2D eigenvalue weighted by Gasteiger charge is -2.12. The van der Waals surface area contributed by atoms with Crippen LogP contribution in [0.5, 0.6) is 0 Å². The highest BCUT2D eigenvalue weighted by Gasteiger charge is 2.28. The fourth-order valence-corrected chi connectivity index (χ4v) is 2.69. The molecule has 3 rings (SSSR count). The van der Waals surface area contributed by atoms with Gasteiger partial charge in [0.2, 0.25) is 0 Å². The molecule has 0 saturated heterocycles. The molecule has 23 heavy (non-hydrogen) atoms. The van der Waals surface area contributed by atoms with Crippen molar-refractivity contribution in [1.82, 2.24) is 0 Å². The van der Waals surface area contributed by atoms with Crippen LogP contribution in [0.15, 0.2) is 63.8 Å². The van der Waals surface area contributed by atoms with Crippen LogP contribution >= 0.6 is 23.2 Å². The zero-order valence-electron chi connectivity index (χ0n) is 12.2. The summed E-state index contributed by atoms with van der Waals surface area (Å²) in [7, 11) is 0. The van der Waals surface area contributed by atoms with Crippen molar-refractivity contribution in [3.8, 4) is 0 Å². The predicted octanol–water partition coefficient (Wildman–Crippen LogP) is 4.95. The van der Waals surface area contributed by atoms with Crippen LogP contribution in [0.1, 0.15) is 12.7 Å². The van der Waals surface area contributed by atoms with E-state index in [1.54, 1.807) is 55.7 Å². The van der Waals surface area contributed by atoms with Crippen LogP contribution in [-0.4, -0.2) is 11.6 Å². The minimum atomic E-state index is -0.232. The average molecular weight is 347 g/mol. The summed E-state index contributed by atoms with van der Waals surface area (Å²) >= 11 is 12.0. The minimum absolute atomic E-state index is 0.232. The van der Waals surface area contributed by atoms with Crippen LogP contribution in [0.2, 0.25) is 10.0 Å². The summed E-state index contributed by atoms with van der Waals surface area (Å²) in [6.45, 7) is 1.77. The molecule has 0 fully saturated rings. The van der Waals surface area contributed by atoms with Gasteiger partial charge in [0.05, 0.1) is 23.2 Å². The summed E-state index contributed by atoms with van der Waals surface area (Å²) in [6.07, 6.45) is 6.81. The molecule has 0 aliphatic carbocycles. The Kier molecular flexibility index (Phi) is 4.37. The smallest absolute Gasteiger partial charge is 0.280 e. The number of furan rings is 1. The molecule has 0 spiro atoms. The summed E-state index contributed by atoms with van der Waals surface area (Å²) in [5, 5.41) is 6.46. The first-order valence-electron chi connectivity index (χ1n) is 6.82. The lowest BCUT2D eigenvalue weighted by atomic mass is 10.1. The third kappa shape index (κ3) is 3.38. The first-order valence-corrected chi connectivity index (χ1v) is 7.58. The van der Waals surface area contributed by atoms with E-state index in [9.17, 15) is 4.79 Å². The molecule has 0 atom stereocenters. The van der Waals surface area contributed by atoms with Gasteiger partial charge in [-0.2, -0.15) is 10.1 Å². The van der Waals surface area contributed by atoms with Crippen molar-refractivity contribution in [3.63, 3.8) is 0 Å². The third-order valence-electron chi connectivity index (χ3n) is 3.22. The molecule has 4 nitrogen and oxygen atoms in total. The Balaban J connectivity index is 1.86. The number of anilines is 1. The Morgan fingerprint density at radius 3 is 2.61 bits per heavy atom. The maximum Gasteiger partial charge on any atom is 0.280 e. The molecule has 0 saturated carbocycles. The van der Waals surface area contributed by atoms with Gasteiger partial charge in [-0.1, -0.05) is 29.3 Å². The van der Waals surface area contributed by atoms with E-state index in [0.717, 1.165) is 0 Å². The van der Waals surface area contributed by atoms with Gasteiger partial charge in [0.15, 0.2) is 0 Å². The van der Waals surface area contributed by atoms with Crippen LogP contribution in [0, 0.1) is 0 Å². The molecule has 0 bridgehead atoms. The Hall–Kier alpha value is -2.30. The second kappa shape index (κ2) is 6.44. The molecule has 0 unspecified atom stereocenters. The summed E-state index contributed by atoms with van der Waals surface area (Å²) in [6, 6.07) is 8.51. The van der Waals surface area contributed by atoms with Crippen LogP contribution in [-0.2, 0) is 4.79 Å². The van der Waals surface area contributed by atoms with Gasteiger partial charge in [-0.05, 0) is 49.4 Å². The van der Waals surface area contributed by atoms with E-state index in [-0.39, 0.29) is 5.91 Å². The van der Waals surface area contributed by atoms with Crippen LogP contribution < -0.4 is 5.01 Å². The van der Waals surface area contributed by atoms with Gasteiger partial charge in [-0.15, -0.1) is 0 Å². The summed E-state index contributed by atoms with van der Waals surface area (Å²) in [5.41, 5.74) is 1.66. The van der Waals surface area contributed by atoms with Gasteiger partial charge in [0.1, 0.15) is 5.76 Å². The van der Waals surface area contributed by atoms with E-state index >= 15 is 0 Å². The molecule has 2 aromatic rings. The van der Waals surface area contributed by atoms with E-state index in [1.807, 2.05) is 6.07 Å². The first-order chi connectivity index (χ1) is 11.0. The molecular formula is C17H12Cl2N2O2. The van der Waals surface area contributed by atoms with E-state index in [2.05, 4.69) is 5.10 Å². The molecule has 1 aromatic heterocycles. The maximum atomic E-state index is 12.5. The molecule has 6 heteroatoms. The van der Waals surface area contributed by atoms with Crippen molar-refractivity contribution in [1.29, 1.82) is 0 Å². The second-order valence-corrected chi connectivity index (χ2v) is 5.76. The number of hydrazone groups is 1. The highest BCUT2D eigenvalue weighted by atomic mass is 35.5. The SMILES string of the molecule is CC1=NN(c2cc(Cl)cc(Cl)c2)C(=O)C1=CC=Cc1ccco1. The number of carbonyl (C=O) groups excluding carboxylic acids is 1. The molecule has 116 valence electrons. The van der Waals surface area contributed by atoms with Gasteiger partial charge < -0.3 is 4.42 Å². The third-order valence-corrected chi connectivity index (χ3v) is 3.66. The molecule has 0 N–H and O–H groups in total. The molecular weight excluding hydrogens is 335 g/mol. The number of halogens is 2. The fourth-order valence-electron chi connectivity index (χ4n) is 2.17. The van der Waals surface area contributed by atoms with Crippen molar-refractivity contribution >= 4 is 46.6 Å². The Morgan fingerprint density at radius 2 is 1.96 bits per heavy atom. The summed E-state index contributed by atoms with van der Waals surface area (Å²) in [5.74, 6) is 0.477. The summed E-state index contributed by atoms with van der Waals surface area (Å²) in [4.78, 5) is 12.5. The monoisotopic (exact) mass is 346 g/mol. The number of allylic oxidation sites excluding steroid dienone is 2. The van der Waals surface area contributed by atoms with Gasteiger partial charge in [0, 0.05) is 10.0 Å². The lowest BCUT2D eigenvalue weighted by molar-refractivity contribution is -0.114. The van der Waals surface area contributed by atoms with Crippen molar-refractivity contribution in [2.75, 3.05) is 5.01 Å².